The fraction of sp³-hybridized carbons (Fsp3) is 0.278. The first-order valence-electron chi connectivity index (χ1n) is 6.92. The molecule has 0 fully saturated rings. The minimum atomic E-state index is -0.0267. The van der Waals surface area contributed by atoms with Gasteiger partial charge in [0.15, 0.2) is 0 Å². The summed E-state index contributed by atoms with van der Waals surface area (Å²) < 4.78 is 0. The SMILES string of the molecule is Cc1ccc(C(C)NC(=O)c2ccc(C)c(C)c2)cc1. The number of hydrogen-bond acceptors (Lipinski definition) is 1. The van der Waals surface area contributed by atoms with Gasteiger partial charge in [-0.05, 0) is 56.5 Å². The molecule has 1 atom stereocenters. The van der Waals surface area contributed by atoms with E-state index >= 15 is 0 Å². The van der Waals surface area contributed by atoms with Gasteiger partial charge in [-0.3, -0.25) is 4.79 Å². The van der Waals surface area contributed by atoms with E-state index in [0.29, 0.717) is 5.56 Å². The fourth-order valence-electron chi connectivity index (χ4n) is 2.10. The average Bonchev–Trinajstić information content (AvgIpc) is 2.42. The summed E-state index contributed by atoms with van der Waals surface area (Å²) in [5.74, 6) is -0.0267. The highest BCUT2D eigenvalue weighted by atomic mass is 16.1. The molecule has 0 heterocycles. The summed E-state index contributed by atoms with van der Waals surface area (Å²) in [6.45, 7) is 8.13. The van der Waals surface area contributed by atoms with Gasteiger partial charge in [0.25, 0.3) is 5.91 Å². The quantitative estimate of drug-likeness (QED) is 0.891. The summed E-state index contributed by atoms with van der Waals surface area (Å²) in [6, 6.07) is 14.0. The number of nitrogens with one attached hydrogen (secondary N) is 1. The third-order valence-electron chi connectivity index (χ3n) is 3.69. The molecular formula is C18H21NO. The Morgan fingerprint density at radius 3 is 2.20 bits per heavy atom. The van der Waals surface area contributed by atoms with Crippen LogP contribution in [0.3, 0.4) is 0 Å². The summed E-state index contributed by atoms with van der Waals surface area (Å²) in [5.41, 5.74) is 5.40. The van der Waals surface area contributed by atoms with Crippen molar-refractivity contribution in [3.05, 3.63) is 70.3 Å². The molecule has 0 radical (unpaired) electrons. The fourth-order valence-corrected chi connectivity index (χ4v) is 2.10. The van der Waals surface area contributed by atoms with Crippen molar-refractivity contribution in [1.82, 2.24) is 5.32 Å². The van der Waals surface area contributed by atoms with Gasteiger partial charge in [0.05, 0.1) is 6.04 Å². The standard InChI is InChI=1S/C18H21NO/c1-12-5-8-16(9-6-12)15(4)19-18(20)17-10-7-13(2)14(3)11-17/h5-11,15H,1-4H3,(H,19,20). The Hall–Kier alpha value is -2.09. The van der Waals surface area contributed by atoms with Gasteiger partial charge in [-0.25, -0.2) is 0 Å². The molecule has 0 saturated carbocycles. The Morgan fingerprint density at radius 1 is 0.950 bits per heavy atom. The van der Waals surface area contributed by atoms with Crippen LogP contribution in [0.2, 0.25) is 0 Å². The molecule has 0 aliphatic rings. The number of carbonyl (C=O) groups excluding carboxylic acids is 1. The third-order valence-corrected chi connectivity index (χ3v) is 3.69. The maximum absolute atomic E-state index is 12.2. The van der Waals surface area contributed by atoms with Crippen molar-refractivity contribution < 1.29 is 4.79 Å². The summed E-state index contributed by atoms with van der Waals surface area (Å²) in [7, 11) is 0. The number of benzene rings is 2. The normalized spacial score (nSPS) is 12.0. The number of hydrogen-bond donors (Lipinski definition) is 1. The van der Waals surface area contributed by atoms with E-state index in [1.165, 1.54) is 11.1 Å². The highest BCUT2D eigenvalue weighted by molar-refractivity contribution is 5.94. The van der Waals surface area contributed by atoms with Gasteiger partial charge in [0.1, 0.15) is 0 Å². The third kappa shape index (κ3) is 3.27. The minimum absolute atomic E-state index is 0.00436. The Kier molecular flexibility index (Phi) is 4.23. The van der Waals surface area contributed by atoms with Gasteiger partial charge in [-0.1, -0.05) is 35.9 Å². The summed E-state index contributed by atoms with van der Waals surface area (Å²) >= 11 is 0. The van der Waals surface area contributed by atoms with Crippen LogP contribution >= 0.6 is 0 Å². The second kappa shape index (κ2) is 5.91. The molecule has 1 unspecified atom stereocenters. The molecular weight excluding hydrogens is 246 g/mol. The topological polar surface area (TPSA) is 29.1 Å². The molecule has 2 nitrogen and oxygen atoms in total. The second-order valence-electron chi connectivity index (χ2n) is 5.40. The zero-order valence-electron chi connectivity index (χ0n) is 12.5. The number of amides is 1. The van der Waals surface area contributed by atoms with Crippen molar-refractivity contribution in [2.75, 3.05) is 0 Å². The highest BCUT2D eigenvalue weighted by Crippen LogP contribution is 2.15. The molecule has 1 amide bonds. The molecule has 20 heavy (non-hydrogen) atoms. The lowest BCUT2D eigenvalue weighted by atomic mass is 10.0. The van der Waals surface area contributed by atoms with E-state index in [-0.39, 0.29) is 11.9 Å². The summed E-state index contributed by atoms with van der Waals surface area (Å²) in [6.07, 6.45) is 0. The van der Waals surface area contributed by atoms with Crippen LogP contribution in [0.5, 0.6) is 0 Å². The van der Waals surface area contributed by atoms with Crippen molar-refractivity contribution in [2.45, 2.75) is 33.7 Å². The number of rotatable bonds is 3. The van der Waals surface area contributed by atoms with E-state index in [2.05, 4.69) is 36.5 Å². The van der Waals surface area contributed by atoms with Crippen LogP contribution < -0.4 is 5.32 Å². The molecule has 104 valence electrons. The first kappa shape index (κ1) is 14.3. The number of aryl methyl sites for hydroxylation is 3. The molecule has 2 heteroatoms. The molecule has 0 aromatic heterocycles. The molecule has 2 aromatic rings. The van der Waals surface area contributed by atoms with Crippen molar-refractivity contribution in [3.63, 3.8) is 0 Å². The maximum Gasteiger partial charge on any atom is 0.251 e. The van der Waals surface area contributed by atoms with Crippen LogP contribution in [-0.4, -0.2) is 5.91 Å². The second-order valence-corrected chi connectivity index (χ2v) is 5.40. The van der Waals surface area contributed by atoms with Crippen molar-refractivity contribution in [3.8, 4) is 0 Å². The van der Waals surface area contributed by atoms with Crippen molar-refractivity contribution in [1.29, 1.82) is 0 Å². The largest absolute Gasteiger partial charge is 0.346 e. The predicted molar refractivity (Wildman–Crippen MR) is 83.0 cm³/mol. The molecule has 2 rings (SSSR count). The van der Waals surface area contributed by atoms with Crippen LogP contribution in [-0.2, 0) is 0 Å². The van der Waals surface area contributed by atoms with Gasteiger partial charge in [0, 0.05) is 5.56 Å². The van der Waals surface area contributed by atoms with Gasteiger partial charge in [0.2, 0.25) is 0 Å². The Morgan fingerprint density at radius 2 is 1.60 bits per heavy atom. The van der Waals surface area contributed by atoms with Gasteiger partial charge < -0.3 is 5.32 Å². The Balaban J connectivity index is 2.10. The Labute approximate surface area is 120 Å². The molecule has 0 bridgehead atoms. The monoisotopic (exact) mass is 267 g/mol. The zero-order chi connectivity index (χ0) is 14.7. The average molecular weight is 267 g/mol. The van der Waals surface area contributed by atoms with Crippen molar-refractivity contribution in [2.24, 2.45) is 0 Å². The molecule has 0 saturated heterocycles. The van der Waals surface area contributed by atoms with E-state index in [1.54, 1.807) is 0 Å². The van der Waals surface area contributed by atoms with Crippen LogP contribution in [0.4, 0.5) is 0 Å². The van der Waals surface area contributed by atoms with Gasteiger partial charge in [-0.15, -0.1) is 0 Å². The molecule has 0 spiro atoms. The van der Waals surface area contributed by atoms with Crippen LogP contribution in [0, 0.1) is 20.8 Å². The van der Waals surface area contributed by atoms with E-state index < -0.39 is 0 Å². The number of carbonyl (C=O) groups is 1. The van der Waals surface area contributed by atoms with Crippen molar-refractivity contribution >= 4 is 5.91 Å². The first-order chi connectivity index (χ1) is 9.47. The smallest absolute Gasteiger partial charge is 0.251 e. The van der Waals surface area contributed by atoms with Crippen LogP contribution in [0.1, 0.15) is 45.6 Å². The lowest BCUT2D eigenvalue weighted by Gasteiger charge is -2.15. The first-order valence-corrected chi connectivity index (χ1v) is 6.92. The lowest BCUT2D eigenvalue weighted by Crippen LogP contribution is -2.26. The van der Waals surface area contributed by atoms with Crippen LogP contribution in [0.25, 0.3) is 0 Å². The lowest BCUT2D eigenvalue weighted by molar-refractivity contribution is 0.0940. The summed E-state index contributed by atoms with van der Waals surface area (Å²) in [4.78, 5) is 12.2. The highest BCUT2D eigenvalue weighted by Gasteiger charge is 2.11. The molecule has 0 aliphatic heterocycles. The summed E-state index contributed by atoms with van der Waals surface area (Å²) in [5, 5.41) is 3.04. The zero-order valence-corrected chi connectivity index (χ0v) is 12.5. The maximum atomic E-state index is 12.2. The molecule has 2 aromatic carbocycles. The van der Waals surface area contributed by atoms with E-state index in [9.17, 15) is 4.79 Å². The molecule has 0 aliphatic carbocycles. The van der Waals surface area contributed by atoms with Gasteiger partial charge >= 0.3 is 0 Å². The van der Waals surface area contributed by atoms with E-state index in [4.69, 9.17) is 0 Å². The predicted octanol–water partition coefficient (Wildman–Crippen LogP) is 4.10. The molecule has 1 N–H and O–H groups in total. The van der Waals surface area contributed by atoms with E-state index in [1.807, 2.05) is 39.0 Å². The van der Waals surface area contributed by atoms with E-state index in [0.717, 1.165) is 11.1 Å². The van der Waals surface area contributed by atoms with Crippen LogP contribution in [0.15, 0.2) is 42.5 Å². The Bertz CT molecular complexity index is 614. The minimum Gasteiger partial charge on any atom is -0.346 e. The van der Waals surface area contributed by atoms with Gasteiger partial charge in [-0.2, -0.15) is 0 Å².